The maximum Gasteiger partial charge on any atom is 0.418 e. The van der Waals surface area contributed by atoms with Gasteiger partial charge in [0.1, 0.15) is 16.4 Å². The zero-order valence-corrected chi connectivity index (χ0v) is 14.6. The number of nitrogens with two attached hydrogens (primary N) is 2. The summed E-state index contributed by atoms with van der Waals surface area (Å²) >= 11 is 18.2. The fourth-order valence-electron chi connectivity index (χ4n) is 1.86. The second kappa shape index (κ2) is 6.39. The predicted octanol–water partition coefficient (Wildman–Crippen LogP) is 4.14. The molecule has 0 bridgehead atoms. The standard InChI is InChI=1S/C12H9Cl2F3N4S2/c1-23-6-3-21(20-9(6)11(19)22)10-5(13)2-4(12(15,16)17)8(18)7(10)14/h2-3H,18H2,1H3,(H2,19,22). The van der Waals surface area contributed by atoms with Gasteiger partial charge in [-0.3, -0.25) is 0 Å². The highest BCUT2D eigenvalue weighted by Gasteiger charge is 2.35. The fourth-order valence-corrected chi connectivity index (χ4v) is 3.25. The summed E-state index contributed by atoms with van der Waals surface area (Å²) in [7, 11) is 0. The molecule has 0 aliphatic heterocycles. The maximum atomic E-state index is 12.9. The highest BCUT2D eigenvalue weighted by atomic mass is 35.5. The van der Waals surface area contributed by atoms with E-state index in [1.807, 2.05) is 0 Å². The van der Waals surface area contributed by atoms with Crippen molar-refractivity contribution in [3.05, 3.63) is 33.6 Å². The van der Waals surface area contributed by atoms with Crippen LogP contribution in [0.3, 0.4) is 0 Å². The molecular weight excluding hydrogens is 392 g/mol. The number of benzene rings is 1. The van der Waals surface area contributed by atoms with E-state index in [0.29, 0.717) is 16.7 Å². The summed E-state index contributed by atoms with van der Waals surface area (Å²) in [4.78, 5) is 0.670. The van der Waals surface area contributed by atoms with E-state index >= 15 is 0 Å². The Labute approximate surface area is 148 Å². The first kappa shape index (κ1) is 18.2. The van der Waals surface area contributed by atoms with E-state index in [-0.39, 0.29) is 20.7 Å². The van der Waals surface area contributed by atoms with Crippen LogP contribution in [0.5, 0.6) is 0 Å². The van der Waals surface area contributed by atoms with Crippen molar-refractivity contribution >= 4 is 57.9 Å². The summed E-state index contributed by atoms with van der Waals surface area (Å²) in [5.41, 5.74) is 9.68. The van der Waals surface area contributed by atoms with Crippen molar-refractivity contribution in [1.29, 1.82) is 0 Å². The third-order valence-electron chi connectivity index (χ3n) is 2.90. The van der Waals surface area contributed by atoms with Crippen molar-refractivity contribution in [2.45, 2.75) is 11.1 Å². The third kappa shape index (κ3) is 3.37. The summed E-state index contributed by atoms with van der Waals surface area (Å²) < 4.78 is 40.0. The molecule has 0 unspecified atom stereocenters. The molecule has 11 heteroatoms. The smallest absolute Gasteiger partial charge is 0.397 e. The van der Waals surface area contributed by atoms with Crippen LogP contribution in [0.25, 0.3) is 5.69 Å². The lowest BCUT2D eigenvalue weighted by molar-refractivity contribution is -0.136. The number of thioether (sulfide) groups is 1. The number of anilines is 1. The Morgan fingerprint density at radius 3 is 2.43 bits per heavy atom. The molecule has 0 saturated carbocycles. The first-order valence-electron chi connectivity index (χ1n) is 5.86. The van der Waals surface area contributed by atoms with Gasteiger partial charge in [-0.05, 0) is 12.3 Å². The predicted molar refractivity (Wildman–Crippen MR) is 90.7 cm³/mol. The molecule has 1 heterocycles. The Kier molecular flexibility index (Phi) is 5.05. The number of thiocarbonyl (C=S) groups is 1. The van der Waals surface area contributed by atoms with Gasteiger partial charge in [0.15, 0.2) is 0 Å². The van der Waals surface area contributed by atoms with E-state index in [1.54, 1.807) is 6.26 Å². The largest absolute Gasteiger partial charge is 0.418 e. The highest BCUT2D eigenvalue weighted by Crippen LogP contribution is 2.43. The minimum absolute atomic E-state index is 0.0247. The lowest BCUT2D eigenvalue weighted by atomic mass is 10.1. The minimum Gasteiger partial charge on any atom is -0.397 e. The van der Waals surface area contributed by atoms with Gasteiger partial charge in [0.05, 0.1) is 26.2 Å². The molecular formula is C12H9Cl2F3N4S2. The van der Waals surface area contributed by atoms with Gasteiger partial charge in [0, 0.05) is 6.20 Å². The Bertz CT molecular complexity index is 790. The number of halogens is 5. The number of nitrogen functional groups attached to an aromatic ring is 1. The summed E-state index contributed by atoms with van der Waals surface area (Å²) in [5.74, 6) is 0. The number of alkyl halides is 3. The van der Waals surface area contributed by atoms with Crippen molar-refractivity contribution in [2.24, 2.45) is 5.73 Å². The van der Waals surface area contributed by atoms with Gasteiger partial charge in [-0.15, -0.1) is 11.8 Å². The van der Waals surface area contributed by atoms with Crippen molar-refractivity contribution in [3.63, 3.8) is 0 Å². The van der Waals surface area contributed by atoms with Crippen molar-refractivity contribution in [3.8, 4) is 5.69 Å². The van der Waals surface area contributed by atoms with E-state index in [4.69, 9.17) is 46.9 Å². The molecule has 0 saturated heterocycles. The summed E-state index contributed by atoms with van der Waals surface area (Å²) in [6.45, 7) is 0. The molecule has 0 spiro atoms. The number of rotatable bonds is 3. The van der Waals surface area contributed by atoms with Crippen molar-refractivity contribution in [2.75, 3.05) is 12.0 Å². The first-order valence-corrected chi connectivity index (χ1v) is 8.25. The molecule has 23 heavy (non-hydrogen) atoms. The Balaban J connectivity index is 2.71. The molecule has 0 aliphatic rings. The average molecular weight is 401 g/mol. The maximum absolute atomic E-state index is 12.9. The number of hydrogen-bond acceptors (Lipinski definition) is 4. The highest BCUT2D eigenvalue weighted by molar-refractivity contribution is 7.98. The summed E-state index contributed by atoms with van der Waals surface area (Å²) in [5, 5.41) is 3.53. The van der Waals surface area contributed by atoms with Gasteiger partial charge in [-0.1, -0.05) is 35.4 Å². The molecule has 2 aromatic rings. The van der Waals surface area contributed by atoms with Crippen LogP contribution in [0.2, 0.25) is 10.0 Å². The molecule has 124 valence electrons. The molecule has 4 N–H and O–H groups in total. The Morgan fingerprint density at radius 2 is 2.00 bits per heavy atom. The van der Waals surface area contributed by atoms with Crippen molar-refractivity contribution < 1.29 is 13.2 Å². The van der Waals surface area contributed by atoms with Crippen LogP contribution in [0.15, 0.2) is 17.2 Å². The Morgan fingerprint density at radius 1 is 1.39 bits per heavy atom. The van der Waals surface area contributed by atoms with Crippen LogP contribution in [-0.4, -0.2) is 21.0 Å². The zero-order valence-electron chi connectivity index (χ0n) is 11.4. The van der Waals surface area contributed by atoms with Crippen LogP contribution in [0, 0.1) is 0 Å². The average Bonchev–Trinajstić information content (AvgIpc) is 2.86. The van der Waals surface area contributed by atoms with E-state index in [1.165, 1.54) is 22.6 Å². The molecule has 0 radical (unpaired) electrons. The molecule has 4 nitrogen and oxygen atoms in total. The van der Waals surface area contributed by atoms with Crippen LogP contribution in [0.4, 0.5) is 18.9 Å². The lowest BCUT2D eigenvalue weighted by Gasteiger charge is -2.15. The molecule has 1 aromatic carbocycles. The second-order valence-electron chi connectivity index (χ2n) is 4.33. The van der Waals surface area contributed by atoms with E-state index in [9.17, 15) is 13.2 Å². The monoisotopic (exact) mass is 400 g/mol. The third-order valence-corrected chi connectivity index (χ3v) is 4.50. The fraction of sp³-hybridized carbons (Fsp3) is 0.167. The van der Waals surface area contributed by atoms with Crippen molar-refractivity contribution in [1.82, 2.24) is 9.78 Å². The van der Waals surface area contributed by atoms with E-state index in [2.05, 4.69) is 5.10 Å². The van der Waals surface area contributed by atoms with E-state index in [0.717, 1.165) is 0 Å². The number of nitrogens with zero attached hydrogens (tertiary/aromatic N) is 2. The number of hydrogen-bond donors (Lipinski definition) is 2. The van der Waals surface area contributed by atoms with Crippen LogP contribution in [-0.2, 0) is 6.18 Å². The van der Waals surface area contributed by atoms with Gasteiger partial charge < -0.3 is 11.5 Å². The zero-order chi connectivity index (χ0) is 17.5. The molecule has 0 amide bonds. The van der Waals surface area contributed by atoms with Gasteiger partial charge in [-0.2, -0.15) is 18.3 Å². The molecule has 0 atom stereocenters. The molecule has 0 fully saturated rings. The Hall–Kier alpha value is -1.16. The van der Waals surface area contributed by atoms with Gasteiger partial charge >= 0.3 is 6.18 Å². The quantitative estimate of drug-likeness (QED) is 0.460. The topological polar surface area (TPSA) is 69.9 Å². The van der Waals surface area contributed by atoms with Crippen LogP contribution < -0.4 is 11.5 Å². The second-order valence-corrected chi connectivity index (χ2v) is 6.41. The van der Waals surface area contributed by atoms with Gasteiger partial charge in [-0.25, -0.2) is 4.68 Å². The van der Waals surface area contributed by atoms with E-state index < -0.39 is 17.4 Å². The van der Waals surface area contributed by atoms with Gasteiger partial charge in [0.2, 0.25) is 0 Å². The first-order chi connectivity index (χ1) is 10.6. The SMILES string of the molecule is CSc1cn(-c2c(Cl)cc(C(F)(F)F)c(N)c2Cl)nc1C(N)=S. The summed E-state index contributed by atoms with van der Waals surface area (Å²) in [6, 6.07) is 0.707. The van der Waals surface area contributed by atoms with Crippen LogP contribution in [0.1, 0.15) is 11.3 Å². The number of aromatic nitrogens is 2. The summed E-state index contributed by atoms with van der Waals surface area (Å²) in [6.07, 6.45) is -1.39. The normalized spacial score (nSPS) is 11.7. The minimum atomic E-state index is -4.67. The lowest BCUT2D eigenvalue weighted by Crippen LogP contribution is -2.13. The van der Waals surface area contributed by atoms with Crippen LogP contribution >= 0.6 is 47.2 Å². The molecule has 1 aromatic heterocycles. The molecule has 0 aliphatic carbocycles. The molecule has 2 rings (SSSR count). The van der Waals surface area contributed by atoms with Gasteiger partial charge in [0.25, 0.3) is 0 Å².